The van der Waals surface area contributed by atoms with E-state index in [2.05, 4.69) is 25.3 Å². The normalized spacial score (nSPS) is 12.5. The summed E-state index contributed by atoms with van der Waals surface area (Å²) in [6.45, 7) is 2.93. The number of fused-ring (bicyclic) bond motifs is 2. The van der Waals surface area contributed by atoms with Crippen LogP contribution in [0.3, 0.4) is 0 Å². The van der Waals surface area contributed by atoms with E-state index < -0.39 is 19.0 Å². The zero-order valence-electron chi connectivity index (χ0n) is 17.4. The summed E-state index contributed by atoms with van der Waals surface area (Å²) in [5.74, 6) is -0.663. The second-order valence-corrected chi connectivity index (χ2v) is 11.1. The maximum Gasteiger partial charge on any atom is 0.373 e. The SMILES string of the molecule is CP(C)(=O)c1ccc(-c2cnc3nnn(C(F)(F)c4ccc5ncccc5c4)c3n2)cc1F. The van der Waals surface area contributed by atoms with Crippen molar-refractivity contribution in [2.75, 3.05) is 13.3 Å². The van der Waals surface area contributed by atoms with Crippen molar-refractivity contribution in [1.29, 1.82) is 0 Å². The Morgan fingerprint density at radius 3 is 2.61 bits per heavy atom. The highest BCUT2D eigenvalue weighted by Crippen LogP contribution is 2.37. The van der Waals surface area contributed by atoms with Gasteiger partial charge in [0.25, 0.3) is 0 Å². The molecule has 0 aliphatic rings. The maximum atomic E-state index is 15.4. The third kappa shape index (κ3) is 3.66. The van der Waals surface area contributed by atoms with Crippen molar-refractivity contribution < 1.29 is 17.7 Å². The molecule has 3 aromatic heterocycles. The molecule has 0 amide bonds. The van der Waals surface area contributed by atoms with Crippen LogP contribution in [0.2, 0.25) is 0 Å². The number of pyridine rings is 1. The molecule has 0 N–H and O–H groups in total. The lowest BCUT2D eigenvalue weighted by atomic mass is 10.1. The molecule has 0 bridgehead atoms. The van der Waals surface area contributed by atoms with Crippen LogP contribution >= 0.6 is 7.14 Å². The van der Waals surface area contributed by atoms with Gasteiger partial charge in [0.2, 0.25) is 11.3 Å². The summed E-state index contributed by atoms with van der Waals surface area (Å²) < 4.78 is 58.0. The van der Waals surface area contributed by atoms with Gasteiger partial charge < -0.3 is 4.57 Å². The Morgan fingerprint density at radius 2 is 1.85 bits per heavy atom. The molecule has 5 rings (SSSR count). The molecule has 0 atom stereocenters. The smallest absolute Gasteiger partial charge is 0.319 e. The van der Waals surface area contributed by atoms with Crippen molar-refractivity contribution in [2.24, 2.45) is 0 Å². The Labute approximate surface area is 185 Å². The molecule has 0 unspecified atom stereocenters. The lowest BCUT2D eigenvalue weighted by Gasteiger charge is -2.17. The molecule has 0 spiro atoms. The van der Waals surface area contributed by atoms with Gasteiger partial charge in [-0.15, -0.1) is 5.10 Å². The molecule has 0 radical (unpaired) electrons. The van der Waals surface area contributed by atoms with Crippen molar-refractivity contribution in [3.05, 3.63) is 72.3 Å². The Kier molecular flexibility index (Phi) is 4.79. The third-order valence-electron chi connectivity index (χ3n) is 5.20. The Hall–Kier alpha value is -3.65. The van der Waals surface area contributed by atoms with Crippen LogP contribution in [0, 0.1) is 5.82 Å². The molecular formula is C22H16F3N6OP. The van der Waals surface area contributed by atoms with Crippen molar-refractivity contribution in [3.8, 4) is 11.3 Å². The van der Waals surface area contributed by atoms with E-state index in [1.807, 2.05) is 0 Å². The molecule has 7 nitrogen and oxygen atoms in total. The quantitative estimate of drug-likeness (QED) is 0.363. The zero-order valence-corrected chi connectivity index (χ0v) is 18.3. The summed E-state index contributed by atoms with van der Waals surface area (Å²) in [5.41, 5.74) is 0.370. The lowest BCUT2D eigenvalue weighted by Crippen LogP contribution is -2.26. The number of nitrogens with zero attached hydrogens (tertiary/aromatic N) is 6. The van der Waals surface area contributed by atoms with E-state index in [0.717, 1.165) is 6.07 Å². The molecule has 0 aliphatic heterocycles. The zero-order chi connectivity index (χ0) is 23.4. The summed E-state index contributed by atoms with van der Waals surface area (Å²) >= 11 is 0. The van der Waals surface area contributed by atoms with Crippen molar-refractivity contribution >= 4 is 34.6 Å². The number of rotatable bonds is 4. The van der Waals surface area contributed by atoms with Gasteiger partial charge in [-0.25, -0.2) is 14.4 Å². The number of aromatic nitrogens is 6. The van der Waals surface area contributed by atoms with Crippen LogP contribution in [0.1, 0.15) is 5.56 Å². The molecule has 3 heterocycles. The van der Waals surface area contributed by atoms with Crippen LogP contribution in [0.5, 0.6) is 0 Å². The van der Waals surface area contributed by atoms with Gasteiger partial charge in [0.15, 0.2) is 0 Å². The Morgan fingerprint density at radius 1 is 1.03 bits per heavy atom. The highest BCUT2D eigenvalue weighted by Gasteiger charge is 2.38. The minimum atomic E-state index is -3.59. The van der Waals surface area contributed by atoms with E-state index in [0.29, 0.717) is 21.1 Å². The molecular weight excluding hydrogens is 452 g/mol. The average Bonchev–Trinajstić information content (AvgIpc) is 3.22. The van der Waals surface area contributed by atoms with Crippen LogP contribution in [-0.2, 0) is 10.6 Å². The minimum absolute atomic E-state index is 0.0791. The predicted octanol–water partition coefficient (Wildman–Crippen LogP) is 4.42. The van der Waals surface area contributed by atoms with Gasteiger partial charge >= 0.3 is 6.05 Å². The van der Waals surface area contributed by atoms with E-state index in [1.165, 1.54) is 49.9 Å². The maximum absolute atomic E-state index is 15.4. The molecule has 11 heteroatoms. The number of benzene rings is 2. The number of halogens is 3. The summed E-state index contributed by atoms with van der Waals surface area (Å²) in [5, 5.41) is 7.94. The first-order chi connectivity index (χ1) is 15.6. The Bertz CT molecular complexity index is 1580. The minimum Gasteiger partial charge on any atom is -0.319 e. The van der Waals surface area contributed by atoms with Crippen LogP contribution in [0.15, 0.2) is 60.9 Å². The Balaban J connectivity index is 1.61. The molecule has 166 valence electrons. The first-order valence-electron chi connectivity index (χ1n) is 9.82. The molecule has 5 aromatic rings. The van der Waals surface area contributed by atoms with Gasteiger partial charge in [-0.05, 0) is 49.7 Å². The van der Waals surface area contributed by atoms with Gasteiger partial charge in [0, 0.05) is 28.0 Å². The highest BCUT2D eigenvalue weighted by molar-refractivity contribution is 7.70. The van der Waals surface area contributed by atoms with E-state index in [4.69, 9.17) is 0 Å². The number of hydrogen-bond donors (Lipinski definition) is 0. The topological polar surface area (TPSA) is 86.5 Å². The van der Waals surface area contributed by atoms with Gasteiger partial charge in [-0.3, -0.25) is 4.98 Å². The van der Waals surface area contributed by atoms with E-state index in [-0.39, 0.29) is 27.9 Å². The molecule has 0 saturated carbocycles. The van der Waals surface area contributed by atoms with Crippen LogP contribution in [-0.4, -0.2) is 43.3 Å². The summed E-state index contributed by atoms with van der Waals surface area (Å²) in [4.78, 5) is 12.4. The van der Waals surface area contributed by atoms with Gasteiger partial charge in [0.1, 0.15) is 13.0 Å². The average molecular weight is 468 g/mol. The number of hydrogen-bond acceptors (Lipinski definition) is 6. The van der Waals surface area contributed by atoms with Crippen LogP contribution in [0.25, 0.3) is 33.5 Å². The summed E-state index contributed by atoms with van der Waals surface area (Å²) in [7, 11) is -2.82. The monoisotopic (exact) mass is 468 g/mol. The second-order valence-electron chi connectivity index (χ2n) is 7.87. The molecule has 0 fully saturated rings. The van der Waals surface area contributed by atoms with E-state index in [1.54, 1.807) is 18.3 Å². The molecule has 33 heavy (non-hydrogen) atoms. The largest absolute Gasteiger partial charge is 0.373 e. The van der Waals surface area contributed by atoms with Gasteiger partial charge in [-0.2, -0.15) is 13.5 Å². The lowest BCUT2D eigenvalue weighted by molar-refractivity contribution is -0.0458. The van der Waals surface area contributed by atoms with Crippen LogP contribution < -0.4 is 5.30 Å². The van der Waals surface area contributed by atoms with Gasteiger partial charge in [-0.1, -0.05) is 17.3 Å². The fourth-order valence-electron chi connectivity index (χ4n) is 3.53. The fraction of sp³-hybridized carbons (Fsp3) is 0.136. The standard InChI is InChI=1S/C22H16F3N6OP/c1-33(2,32)19-8-5-14(11-16(19)23)18-12-27-20-21(28-18)31(30-29-20)22(24,25)15-6-7-17-13(10-15)4-3-9-26-17/h3-12H,1-2H3. The fourth-order valence-corrected chi connectivity index (χ4v) is 4.54. The predicted molar refractivity (Wildman–Crippen MR) is 119 cm³/mol. The molecule has 0 aliphatic carbocycles. The van der Waals surface area contributed by atoms with Crippen LogP contribution in [0.4, 0.5) is 13.2 Å². The van der Waals surface area contributed by atoms with Crippen molar-refractivity contribution in [1.82, 2.24) is 29.9 Å². The number of alkyl halides is 2. The van der Waals surface area contributed by atoms with Gasteiger partial charge in [0.05, 0.1) is 17.4 Å². The first-order valence-corrected chi connectivity index (χ1v) is 12.4. The molecule has 0 saturated heterocycles. The highest BCUT2D eigenvalue weighted by atomic mass is 31.2. The van der Waals surface area contributed by atoms with Crippen molar-refractivity contribution in [2.45, 2.75) is 6.05 Å². The van der Waals surface area contributed by atoms with E-state index >= 15 is 8.78 Å². The second kappa shape index (κ2) is 7.45. The third-order valence-corrected chi connectivity index (χ3v) is 6.73. The van der Waals surface area contributed by atoms with Crippen molar-refractivity contribution in [3.63, 3.8) is 0 Å². The first kappa shape index (κ1) is 21.2. The summed E-state index contributed by atoms with van der Waals surface area (Å²) in [6.07, 6.45) is 2.88. The molecule has 2 aromatic carbocycles. The van der Waals surface area contributed by atoms with E-state index in [9.17, 15) is 8.96 Å². The summed E-state index contributed by atoms with van der Waals surface area (Å²) in [6, 6.07) is 7.94.